The maximum absolute atomic E-state index is 10.4. The van der Waals surface area contributed by atoms with Crippen LogP contribution in [-0.4, -0.2) is 4.98 Å². The van der Waals surface area contributed by atoms with E-state index in [2.05, 4.69) is 4.98 Å². The zero-order valence-corrected chi connectivity index (χ0v) is 5.52. The van der Waals surface area contributed by atoms with Crippen molar-refractivity contribution in [1.29, 1.82) is 0 Å². The number of aromatic amines is 1. The highest BCUT2D eigenvalue weighted by atomic mass is 16.4. The zero-order chi connectivity index (χ0) is 6.85. The lowest BCUT2D eigenvalue weighted by Crippen LogP contribution is -1.94. The van der Waals surface area contributed by atoms with Gasteiger partial charge in [-0.3, -0.25) is 4.98 Å². The van der Waals surface area contributed by atoms with Crippen LogP contribution in [0.2, 0.25) is 0 Å². The van der Waals surface area contributed by atoms with E-state index < -0.39 is 0 Å². The van der Waals surface area contributed by atoms with Crippen molar-refractivity contribution in [1.82, 2.24) is 4.98 Å². The molecule has 3 nitrogen and oxygen atoms in total. The fraction of sp³-hybridized carbons (Fsp3) is 0.500. The number of aromatic nitrogens is 1. The Kier molecular flexibility index (Phi) is 1.42. The summed E-state index contributed by atoms with van der Waals surface area (Å²) in [5, 5.41) is 0. The van der Waals surface area contributed by atoms with Crippen LogP contribution in [0, 0.1) is 6.92 Å². The Labute approximate surface area is 52.7 Å². The summed E-state index contributed by atoms with van der Waals surface area (Å²) in [6.45, 7) is 3.77. The van der Waals surface area contributed by atoms with E-state index in [9.17, 15) is 4.79 Å². The van der Waals surface area contributed by atoms with Gasteiger partial charge in [-0.25, -0.2) is 4.79 Å². The Morgan fingerprint density at radius 3 is 2.56 bits per heavy atom. The smallest absolute Gasteiger partial charge is 0.413 e. The molecule has 0 fully saturated rings. The van der Waals surface area contributed by atoms with Gasteiger partial charge in [0.05, 0.1) is 5.69 Å². The molecule has 1 aromatic rings. The molecule has 0 bridgehead atoms. The predicted octanol–water partition coefficient (Wildman–Crippen LogP) is 0.839. The second-order valence-corrected chi connectivity index (χ2v) is 1.92. The fourth-order valence-electron chi connectivity index (χ4n) is 0.774. The van der Waals surface area contributed by atoms with Crippen LogP contribution in [0.3, 0.4) is 0 Å². The number of nitrogens with one attached hydrogen (secondary N) is 1. The highest BCUT2D eigenvalue weighted by Gasteiger charge is 2.00. The molecule has 0 atom stereocenters. The molecule has 0 aliphatic rings. The van der Waals surface area contributed by atoms with Crippen molar-refractivity contribution in [3.63, 3.8) is 0 Å². The van der Waals surface area contributed by atoms with Crippen molar-refractivity contribution in [2.24, 2.45) is 0 Å². The first kappa shape index (κ1) is 6.13. The third kappa shape index (κ3) is 1.04. The van der Waals surface area contributed by atoms with E-state index in [1.54, 1.807) is 0 Å². The molecule has 0 saturated heterocycles. The summed E-state index contributed by atoms with van der Waals surface area (Å²) in [5.41, 5.74) is 0.836. The highest BCUT2D eigenvalue weighted by Crippen LogP contribution is 2.00. The SMILES string of the molecule is CCc1oc(=O)[nH]c1C. The Morgan fingerprint density at radius 1 is 1.67 bits per heavy atom. The van der Waals surface area contributed by atoms with Crippen molar-refractivity contribution in [2.45, 2.75) is 20.3 Å². The number of hydrogen-bond acceptors (Lipinski definition) is 2. The summed E-state index contributed by atoms with van der Waals surface area (Å²) < 4.78 is 4.75. The number of H-pyrrole nitrogens is 1. The van der Waals surface area contributed by atoms with E-state index in [1.807, 2.05) is 13.8 Å². The molecule has 0 aliphatic carbocycles. The molecule has 0 unspecified atom stereocenters. The van der Waals surface area contributed by atoms with E-state index in [0.29, 0.717) is 0 Å². The van der Waals surface area contributed by atoms with Crippen molar-refractivity contribution in [3.05, 3.63) is 22.0 Å². The van der Waals surface area contributed by atoms with Crippen LogP contribution in [0.4, 0.5) is 0 Å². The second-order valence-electron chi connectivity index (χ2n) is 1.92. The van der Waals surface area contributed by atoms with Gasteiger partial charge in [0, 0.05) is 6.42 Å². The molecule has 1 rings (SSSR count). The van der Waals surface area contributed by atoms with Crippen LogP contribution in [-0.2, 0) is 6.42 Å². The zero-order valence-electron chi connectivity index (χ0n) is 5.52. The predicted molar refractivity (Wildman–Crippen MR) is 33.4 cm³/mol. The molecule has 3 heteroatoms. The standard InChI is InChI=1S/C6H9NO2/c1-3-5-4(2)7-6(8)9-5/h3H2,1-2H3,(H,7,8). The maximum atomic E-state index is 10.4. The number of aryl methyl sites for hydroxylation is 2. The molecule has 0 radical (unpaired) electrons. The Balaban J connectivity index is 3.16. The summed E-state index contributed by atoms with van der Waals surface area (Å²) >= 11 is 0. The van der Waals surface area contributed by atoms with E-state index >= 15 is 0 Å². The normalized spacial score (nSPS) is 10.0. The van der Waals surface area contributed by atoms with Gasteiger partial charge < -0.3 is 4.42 Å². The average Bonchev–Trinajstić information content (AvgIpc) is 2.10. The minimum atomic E-state index is -0.357. The molecule has 1 aromatic heterocycles. The third-order valence-electron chi connectivity index (χ3n) is 1.24. The highest BCUT2D eigenvalue weighted by molar-refractivity contribution is 5.03. The lowest BCUT2D eigenvalue weighted by molar-refractivity contribution is 0.472. The molecule has 1 N–H and O–H groups in total. The molecule has 50 valence electrons. The molecule has 0 aromatic carbocycles. The van der Waals surface area contributed by atoms with E-state index in [-0.39, 0.29) is 5.76 Å². The third-order valence-corrected chi connectivity index (χ3v) is 1.24. The summed E-state index contributed by atoms with van der Waals surface area (Å²) in [7, 11) is 0. The van der Waals surface area contributed by atoms with Gasteiger partial charge in [-0.2, -0.15) is 0 Å². The summed E-state index contributed by atoms with van der Waals surface area (Å²) in [6.07, 6.45) is 0.768. The van der Waals surface area contributed by atoms with Crippen molar-refractivity contribution in [2.75, 3.05) is 0 Å². The van der Waals surface area contributed by atoms with E-state index in [4.69, 9.17) is 4.42 Å². The molecule has 0 amide bonds. The Hall–Kier alpha value is -0.990. The summed E-state index contributed by atoms with van der Waals surface area (Å²) in [4.78, 5) is 13.0. The fourth-order valence-corrected chi connectivity index (χ4v) is 0.774. The molecular weight excluding hydrogens is 118 g/mol. The number of hydrogen-bond donors (Lipinski definition) is 1. The van der Waals surface area contributed by atoms with Crippen LogP contribution in [0.5, 0.6) is 0 Å². The van der Waals surface area contributed by atoms with Gasteiger partial charge in [0.25, 0.3) is 0 Å². The first-order valence-corrected chi connectivity index (χ1v) is 2.92. The molecule has 9 heavy (non-hydrogen) atoms. The minimum absolute atomic E-state index is 0.357. The van der Waals surface area contributed by atoms with E-state index in [1.165, 1.54) is 0 Å². The van der Waals surface area contributed by atoms with Crippen LogP contribution >= 0.6 is 0 Å². The molecule has 0 spiro atoms. The van der Waals surface area contributed by atoms with Crippen LogP contribution in [0.25, 0.3) is 0 Å². The van der Waals surface area contributed by atoms with Crippen molar-refractivity contribution < 1.29 is 4.42 Å². The molecule has 0 saturated carbocycles. The first-order valence-electron chi connectivity index (χ1n) is 2.92. The maximum Gasteiger partial charge on any atom is 0.416 e. The Morgan fingerprint density at radius 2 is 2.33 bits per heavy atom. The average molecular weight is 127 g/mol. The van der Waals surface area contributed by atoms with Gasteiger partial charge in [-0.1, -0.05) is 6.92 Å². The van der Waals surface area contributed by atoms with Gasteiger partial charge in [-0.15, -0.1) is 0 Å². The van der Waals surface area contributed by atoms with Crippen molar-refractivity contribution >= 4 is 0 Å². The second kappa shape index (κ2) is 2.09. The van der Waals surface area contributed by atoms with Crippen molar-refractivity contribution in [3.8, 4) is 0 Å². The summed E-state index contributed by atoms with van der Waals surface area (Å²) in [6, 6.07) is 0. The lowest BCUT2D eigenvalue weighted by Gasteiger charge is -1.84. The van der Waals surface area contributed by atoms with Crippen LogP contribution < -0.4 is 5.76 Å². The van der Waals surface area contributed by atoms with Crippen LogP contribution in [0.15, 0.2) is 9.21 Å². The monoisotopic (exact) mass is 127 g/mol. The van der Waals surface area contributed by atoms with Gasteiger partial charge >= 0.3 is 5.76 Å². The Bertz CT molecular complexity index is 246. The molecule has 1 heterocycles. The minimum Gasteiger partial charge on any atom is -0.413 e. The largest absolute Gasteiger partial charge is 0.416 e. The van der Waals surface area contributed by atoms with Gasteiger partial charge in [-0.05, 0) is 6.92 Å². The quantitative estimate of drug-likeness (QED) is 0.607. The number of rotatable bonds is 1. The lowest BCUT2D eigenvalue weighted by atomic mass is 10.3. The first-order chi connectivity index (χ1) is 4.24. The molecular formula is C6H9NO2. The van der Waals surface area contributed by atoms with E-state index in [0.717, 1.165) is 17.9 Å². The molecule has 0 aliphatic heterocycles. The number of oxazole rings is 1. The van der Waals surface area contributed by atoms with Gasteiger partial charge in [0.15, 0.2) is 0 Å². The van der Waals surface area contributed by atoms with Gasteiger partial charge in [0.2, 0.25) is 0 Å². The topological polar surface area (TPSA) is 46.0 Å². The summed E-state index contributed by atoms with van der Waals surface area (Å²) in [5.74, 6) is 0.393. The van der Waals surface area contributed by atoms with Gasteiger partial charge in [0.1, 0.15) is 5.76 Å². The van der Waals surface area contributed by atoms with Crippen LogP contribution in [0.1, 0.15) is 18.4 Å².